The van der Waals surface area contributed by atoms with Crippen LogP contribution in [0.2, 0.25) is 0 Å². The molecule has 12 heavy (non-hydrogen) atoms. The Bertz CT molecular complexity index is 325. The summed E-state index contributed by atoms with van der Waals surface area (Å²) in [6, 6.07) is 8.49. The van der Waals surface area contributed by atoms with E-state index in [-0.39, 0.29) is 0 Å². The van der Waals surface area contributed by atoms with Gasteiger partial charge in [0.25, 0.3) is 0 Å². The molecule has 2 rings (SSSR count). The van der Waals surface area contributed by atoms with E-state index in [1.807, 2.05) is 0 Å². The van der Waals surface area contributed by atoms with Crippen LogP contribution in [0, 0.1) is 0 Å². The van der Waals surface area contributed by atoms with Crippen LogP contribution in [-0.2, 0) is 18.0 Å². The first kappa shape index (κ1) is 8.87. The second-order valence-corrected chi connectivity index (χ2v) is 2.51. The Hall–Kier alpha value is -1.22. The maximum Gasteiger partial charge on any atom is 0.335 e. The second-order valence-electron chi connectivity index (χ2n) is 2.37. The van der Waals surface area contributed by atoms with Gasteiger partial charge in [-0.15, -0.1) is 0 Å². The minimum atomic E-state index is -0.750. The molecule has 0 heterocycles. The van der Waals surface area contributed by atoms with Gasteiger partial charge in [0.2, 0.25) is 0 Å². The lowest BCUT2D eigenvalue weighted by atomic mass is 10.1. The second kappa shape index (κ2) is 4.62. The molecule has 0 N–H and O–H groups in total. The molecular weight excluding hydrogens is 172 g/mol. The summed E-state index contributed by atoms with van der Waals surface area (Å²) in [5.41, 5.74) is 2.84. The molecule has 0 amide bonds. The van der Waals surface area contributed by atoms with E-state index in [1.54, 1.807) is 0 Å². The summed E-state index contributed by atoms with van der Waals surface area (Å²) in [5, 5.41) is 0. The molecule has 0 unspecified atom stereocenters. The first-order chi connectivity index (χ1) is 5.88. The van der Waals surface area contributed by atoms with Gasteiger partial charge in [-0.3, -0.25) is 0 Å². The lowest BCUT2D eigenvalue weighted by Crippen LogP contribution is -1.76. The van der Waals surface area contributed by atoms with Gasteiger partial charge in [0.05, 0.1) is 0 Å². The van der Waals surface area contributed by atoms with Crippen molar-refractivity contribution in [3.63, 3.8) is 0 Å². The van der Waals surface area contributed by atoms with Gasteiger partial charge in [-0.1, -0.05) is 36.4 Å². The molecule has 0 atom stereocenters. The first-order valence-electron chi connectivity index (χ1n) is 3.54. The number of allylic oxidation sites excluding steroid dienone is 1. The number of hydrogen-bond donors (Lipinski definition) is 0. The van der Waals surface area contributed by atoms with Gasteiger partial charge >= 0.3 is 11.6 Å². The minimum Gasteiger partial charge on any atom is -0.168 e. The third-order valence-electron chi connectivity index (χ3n) is 1.69. The summed E-state index contributed by atoms with van der Waals surface area (Å²) in [7, 11) is 0. The molecule has 0 aliphatic heterocycles. The van der Waals surface area contributed by atoms with Crippen LogP contribution in [-0.4, -0.2) is 8.42 Å². The fourth-order valence-corrected chi connectivity index (χ4v) is 1.20. The van der Waals surface area contributed by atoms with Crippen molar-refractivity contribution in [3.8, 4) is 0 Å². The molecule has 1 aliphatic rings. The van der Waals surface area contributed by atoms with Crippen molar-refractivity contribution in [3.05, 3.63) is 41.5 Å². The van der Waals surface area contributed by atoms with Gasteiger partial charge in [0.1, 0.15) is 0 Å². The summed E-state index contributed by atoms with van der Waals surface area (Å²) in [6.07, 6.45) is 5.50. The molecule has 0 spiro atoms. The van der Waals surface area contributed by atoms with Crippen LogP contribution < -0.4 is 0 Å². The van der Waals surface area contributed by atoms with Gasteiger partial charge in [-0.05, 0) is 17.5 Å². The van der Waals surface area contributed by atoms with Crippen molar-refractivity contribution in [1.82, 2.24) is 0 Å². The molecule has 0 saturated heterocycles. The van der Waals surface area contributed by atoms with E-state index in [1.165, 1.54) is 11.1 Å². The quantitative estimate of drug-likeness (QED) is 0.607. The highest BCUT2D eigenvalue weighted by molar-refractivity contribution is 7.51. The van der Waals surface area contributed by atoms with Gasteiger partial charge in [0.15, 0.2) is 0 Å². The van der Waals surface area contributed by atoms with E-state index >= 15 is 0 Å². The Kier molecular flexibility index (Phi) is 3.41. The Morgan fingerprint density at radius 1 is 1.17 bits per heavy atom. The van der Waals surface area contributed by atoms with E-state index in [0.29, 0.717) is 0 Å². The topological polar surface area (TPSA) is 34.1 Å². The van der Waals surface area contributed by atoms with Crippen molar-refractivity contribution >= 4 is 17.6 Å². The van der Waals surface area contributed by atoms with Gasteiger partial charge in [-0.25, -0.2) is 0 Å². The number of fused-ring (bicyclic) bond motifs is 1. The van der Waals surface area contributed by atoms with Crippen LogP contribution in [0.25, 0.3) is 6.08 Å². The molecule has 0 radical (unpaired) electrons. The molecular formula is C9H8O2S. The number of hydrogen-bond acceptors (Lipinski definition) is 2. The van der Waals surface area contributed by atoms with Crippen LogP contribution in [0.1, 0.15) is 11.1 Å². The highest BCUT2D eigenvalue weighted by Crippen LogP contribution is 2.17. The third kappa shape index (κ3) is 2.13. The Labute approximate surface area is 74.5 Å². The van der Waals surface area contributed by atoms with Gasteiger partial charge in [0, 0.05) is 0 Å². The fourth-order valence-electron chi connectivity index (χ4n) is 1.20. The van der Waals surface area contributed by atoms with E-state index in [2.05, 4.69) is 36.4 Å². The average Bonchev–Trinajstić information content (AvgIpc) is 2.52. The zero-order valence-corrected chi connectivity index (χ0v) is 7.21. The van der Waals surface area contributed by atoms with Gasteiger partial charge < -0.3 is 0 Å². The van der Waals surface area contributed by atoms with Crippen LogP contribution in [0.5, 0.6) is 0 Å². The average molecular weight is 180 g/mol. The SMILES string of the molecule is C1=Cc2ccccc2C1.O=S=O. The first-order valence-corrected chi connectivity index (χ1v) is 4.21. The Morgan fingerprint density at radius 3 is 2.50 bits per heavy atom. The molecule has 1 aromatic rings. The summed E-state index contributed by atoms with van der Waals surface area (Å²) in [6.45, 7) is 0. The summed E-state index contributed by atoms with van der Waals surface area (Å²) >= 11 is -0.750. The highest BCUT2D eigenvalue weighted by atomic mass is 32.1. The Balaban J connectivity index is 0.000000213. The lowest BCUT2D eigenvalue weighted by Gasteiger charge is -1.93. The minimum absolute atomic E-state index is 0.750. The van der Waals surface area contributed by atoms with Crippen LogP contribution >= 0.6 is 0 Å². The van der Waals surface area contributed by atoms with Crippen LogP contribution in [0.15, 0.2) is 30.3 Å². The van der Waals surface area contributed by atoms with Crippen molar-refractivity contribution in [2.45, 2.75) is 6.42 Å². The van der Waals surface area contributed by atoms with E-state index < -0.39 is 11.6 Å². The van der Waals surface area contributed by atoms with Crippen LogP contribution in [0.3, 0.4) is 0 Å². The largest absolute Gasteiger partial charge is 0.335 e. The molecule has 0 saturated carbocycles. The van der Waals surface area contributed by atoms with Crippen molar-refractivity contribution in [2.24, 2.45) is 0 Å². The molecule has 0 fully saturated rings. The molecule has 62 valence electrons. The number of rotatable bonds is 0. The monoisotopic (exact) mass is 180 g/mol. The number of benzene rings is 1. The van der Waals surface area contributed by atoms with Crippen LogP contribution in [0.4, 0.5) is 0 Å². The normalized spacial score (nSPS) is 11.3. The summed E-state index contributed by atoms with van der Waals surface area (Å²) < 4.78 is 16.6. The van der Waals surface area contributed by atoms with E-state index in [4.69, 9.17) is 8.42 Å². The van der Waals surface area contributed by atoms with E-state index in [9.17, 15) is 0 Å². The molecule has 3 heteroatoms. The summed E-state index contributed by atoms with van der Waals surface area (Å²) in [4.78, 5) is 0. The van der Waals surface area contributed by atoms with Crippen molar-refractivity contribution in [2.75, 3.05) is 0 Å². The van der Waals surface area contributed by atoms with Crippen molar-refractivity contribution < 1.29 is 8.42 Å². The maximum atomic E-state index is 8.29. The molecule has 2 nitrogen and oxygen atoms in total. The standard InChI is InChI=1S/C9H8.O2S/c1-2-5-9-7-3-6-8(9)4-1;1-3-2/h1-6H,7H2;. The molecule has 0 bridgehead atoms. The zero-order chi connectivity index (χ0) is 8.81. The highest BCUT2D eigenvalue weighted by Gasteiger charge is 2.00. The fraction of sp³-hybridized carbons (Fsp3) is 0.111. The predicted octanol–water partition coefficient (Wildman–Crippen LogP) is 1.59. The summed E-state index contributed by atoms with van der Waals surface area (Å²) in [5.74, 6) is 0. The molecule has 0 aromatic heterocycles. The lowest BCUT2D eigenvalue weighted by molar-refractivity contribution is 0.630. The van der Waals surface area contributed by atoms with E-state index in [0.717, 1.165) is 6.42 Å². The van der Waals surface area contributed by atoms with Gasteiger partial charge in [-0.2, -0.15) is 8.42 Å². The maximum absolute atomic E-state index is 8.29. The predicted molar refractivity (Wildman–Crippen MR) is 48.1 cm³/mol. The third-order valence-corrected chi connectivity index (χ3v) is 1.69. The Morgan fingerprint density at radius 2 is 1.83 bits per heavy atom. The molecule has 1 aromatic carbocycles. The zero-order valence-electron chi connectivity index (χ0n) is 6.40. The molecule has 1 aliphatic carbocycles. The smallest absolute Gasteiger partial charge is 0.168 e. The van der Waals surface area contributed by atoms with Crippen molar-refractivity contribution in [1.29, 1.82) is 0 Å².